The minimum absolute atomic E-state index is 0.396. The van der Waals surface area contributed by atoms with Gasteiger partial charge < -0.3 is 19.6 Å². The van der Waals surface area contributed by atoms with Crippen molar-refractivity contribution in [2.45, 2.75) is 55.4 Å². The third-order valence-electron chi connectivity index (χ3n) is 29.3. The van der Waals surface area contributed by atoms with E-state index in [9.17, 15) is 10.5 Å². The lowest BCUT2D eigenvalue weighted by Crippen LogP contribution is -2.14. The summed E-state index contributed by atoms with van der Waals surface area (Å²) in [5.41, 5.74) is 39.8. The van der Waals surface area contributed by atoms with Gasteiger partial charge in [0, 0.05) is 55.7 Å². The van der Waals surface area contributed by atoms with Crippen LogP contribution in [-0.4, -0.2) is 0 Å². The molecule has 0 bridgehead atoms. The predicted molar refractivity (Wildman–Crippen MR) is 622 cm³/mol. The number of hydrogen-bond acceptors (Lipinski definition) is 6. The van der Waals surface area contributed by atoms with E-state index >= 15 is 8.78 Å². The van der Waals surface area contributed by atoms with Crippen molar-refractivity contribution in [3.63, 3.8) is 0 Å². The van der Waals surface area contributed by atoms with Crippen LogP contribution in [0.2, 0.25) is 0 Å². The van der Waals surface area contributed by atoms with E-state index in [2.05, 4.69) is 400 Å². The minimum Gasteiger partial charge on any atom is -0.310 e. The highest BCUT2D eigenvalue weighted by molar-refractivity contribution is 6.30. The van der Waals surface area contributed by atoms with Gasteiger partial charge in [-0.2, -0.15) is 10.5 Å². The Bertz CT molecular complexity index is 8710. The lowest BCUT2D eigenvalue weighted by atomic mass is 9.90. The lowest BCUT2D eigenvalue weighted by molar-refractivity contribution is 0.627. The smallest absolute Gasteiger partial charge is 0.187 e. The Kier molecular flexibility index (Phi) is 24.7. The van der Waals surface area contributed by atoms with Gasteiger partial charge in [0.25, 0.3) is 0 Å². The number of nitriles is 2. The first-order chi connectivity index (χ1) is 73.2. The third-order valence-corrected chi connectivity index (χ3v) is 29.3. The molecule has 0 aliphatic carbocycles. The normalized spacial score (nSPS) is 11.2. The largest absolute Gasteiger partial charge is 0.310 e. The zero-order valence-corrected chi connectivity index (χ0v) is 84.1. The molecule has 8 nitrogen and oxygen atoms in total. The Labute approximate surface area is 872 Å². The SMILES string of the molecule is Cc1ccc(-c2cc(-c3ccc(C)cc3)cc(N(c3c(C)cccc3C)c3ccc4ccc5c(N(c6cc(-c7ccc(C)cc7)cc(-c7ccc(C)cc7)c6)c6c(C)cccc6C)ccc6ccc3c4c65)c2)cc1.[C-]#[N+]c1ccc(-c2cc(-c3ccc(C#N)cc3)cc(N(c3cccc(F)c3)c3ccc4ccc5c(N(c6cccc(F)c6)c6cc(-c7ccc(C#N)cc7)cc(-c7ccc([N+]#[C-])cc7)c6)ccc6ccc3c4c65)c2)cc1. The number of aryl methyl sites for hydroxylation is 8. The molecule has 0 saturated heterocycles. The van der Waals surface area contributed by atoms with E-state index in [4.69, 9.17) is 13.1 Å². The molecule has 0 amide bonds. The average molecular weight is 1930 g/mol. The highest BCUT2D eigenvalue weighted by Crippen LogP contribution is 2.55. The van der Waals surface area contributed by atoms with Gasteiger partial charge in [0.05, 0.1) is 70.5 Å². The zero-order chi connectivity index (χ0) is 103. The second-order valence-corrected chi connectivity index (χ2v) is 39.2. The highest BCUT2D eigenvalue weighted by Gasteiger charge is 2.30. The fourth-order valence-corrected chi connectivity index (χ4v) is 21.7. The van der Waals surface area contributed by atoms with Gasteiger partial charge in [0.2, 0.25) is 0 Å². The van der Waals surface area contributed by atoms with Crippen molar-refractivity contribution in [2.24, 2.45) is 0 Å². The number of rotatable bonds is 20. The fraction of sp³-hybridized carbons (Fsp3) is 0.0571. The van der Waals surface area contributed by atoms with E-state index in [1.54, 1.807) is 60.7 Å². The summed E-state index contributed by atoms with van der Waals surface area (Å²) in [5.74, 6) is -0.792. The Morgan fingerprint density at radius 1 is 0.207 bits per heavy atom. The monoisotopic (exact) mass is 1930 g/mol. The zero-order valence-electron chi connectivity index (χ0n) is 84.1. The number of para-hydroxylation sites is 2. The maximum Gasteiger partial charge on any atom is 0.187 e. The van der Waals surface area contributed by atoms with Crippen molar-refractivity contribution in [3.8, 4) is 101 Å². The summed E-state index contributed by atoms with van der Waals surface area (Å²) in [5, 5.41) is 32.5. The maximum atomic E-state index is 15.6. The van der Waals surface area contributed by atoms with Crippen LogP contribution in [0.5, 0.6) is 0 Å². The molecule has 0 N–H and O–H groups in total. The minimum atomic E-state index is -0.396. The van der Waals surface area contributed by atoms with Crippen LogP contribution in [0, 0.1) is 103 Å². The predicted octanol–water partition coefficient (Wildman–Crippen LogP) is 40.0. The second kappa shape index (κ2) is 39.5. The van der Waals surface area contributed by atoms with E-state index in [1.807, 2.05) is 60.7 Å². The van der Waals surface area contributed by atoms with Gasteiger partial charge in [0.1, 0.15) is 11.6 Å². The molecular formula is C140H98F2N8. The van der Waals surface area contributed by atoms with Crippen molar-refractivity contribution < 1.29 is 8.78 Å². The quantitative estimate of drug-likeness (QED) is 0.0559. The number of benzene rings is 24. The van der Waals surface area contributed by atoms with Crippen molar-refractivity contribution in [2.75, 3.05) is 19.6 Å². The van der Waals surface area contributed by atoms with Crippen LogP contribution in [0.4, 0.5) is 88.4 Å². The third kappa shape index (κ3) is 18.0. The van der Waals surface area contributed by atoms with Crippen LogP contribution < -0.4 is 19.6 Å². The number of hydrogen-bond donors (Lipinski definition) is 0. The number of halogens is 2. The first kappa shape index (κ1) is 94.0. The number of anilines is 12. The number of nitrogens with zero attached hydrogens (tertiary/aromatic N) is 8. The van der Waals surface area contributed by atoms with Crippen LogP contribution in [0.15, 0.2) is 449 Å². The van der Waals surface area contributed by atoms with E-state index in [1.165, 1.54) is 157 Å². The van der Waals surface area contributed by atoms with Crippen LogP contribution in [-0.2, 0) is 0 Å². The Balaban J connectivity index is 0.000000164. The molecule has 0 aliphatic rings. The molecule has 24 rings (SSSR count). The summed E-state index contributed by atoms with van der Waals surface area (Å²) in [7, 11) is 0. The van der Waals surface area contributed by atoms with Crippen molar-refractivity contribution in [3.05, 3.63) is 539 Å². The second-order valence-electron chi connectivity index (χ2n) is 39.2. The molecule has 0 heterocycles. The first-order valence-electron chi connectivity index (χ1n) is 50.3. The molecule has 24 aromatic rings. The van der Waals surface area contributed by atoms with Crippen LogP contribution in [0.25, 0.3) is 163 Å². The van der Waals surface area contributed by atoms with E-state index in [0.717, 1.165) is 122 Å². The Morgan fingerprint density at radius 3 is 0.653 bits per heavy atom. The topological polar surface area (TPSA) is 69.3 Å². The van der Waals surface area contributed by atoms with Crippen LogP contribution >= 0.6 is 0 Å². The molecule has 24 aromatic carbocycles. The van der Waals surface area contributed by atoms with Gasteiger partial charge in [-0.05, 0) is 367 Å². The molecule has 0 fully saturated rings. The molecule has 712 valence electrons. The summed E-state index contributed by atoms with van der Waals surface area (Å²) in [6.07, 6.45) is 0. The van der Waals surface area contributed by atoms with Crippen molar-refractivity contribution in [1.82, 2.24) is 0 Å². The molecule has 150 heavy (non-hydrogen) atoms. The van der Waals surface area contributed by atoms with Gasteiger partial charge in [0.15, 0.2) is 11.4 Å². The molecule has 0 atom stereocenters. The average Bonchev–Trinajstić information content (AvgIpc) is 0.719. The van der Waals surface area contributed by atoms with E-state index < -0.39 is 11.6 Å². The molecule has 0 aromatic heterocycles. The highest BCUT2D eigenvalue weighted by atomic mass is 19.1. The van der Waals surface area contributed by atoms with E-state index in [-0.39, 0.29) is 0 Å². The Morgan fingerprint density at radius 2 is 0.420 bits per heavy atom. The Hall–Kier alpha value is -19.6. The van der Waals surface area contributed by atoms with Gasteiger partial charge >= 0.3 is 0 Å². The molecule has 0 spiro atoms. The molecule has 0 radical (unpaired) electrons. The van der Waals surface area contributed by atoms with Crippen molar-refractivity contribution >= 4 is 144 Å². The summed E-state index contributed by atoms with van der Waals surface area (Å²) < 4.78 is 31.3. The fourth-order valence-electron chi connectivity index (χ4n) is 21.7. The molecule has 0 aliphatic heterocycles. The van der Waals surface area contributed by atoms with Gasteiger partial charge in [-0.3, -0.25) is 0 Å². The maximum absolute atomic E-state index is 15.6. The molecular weight excluding hydrogens is 1830 g/mol. The molecule has 10 heteroatoms. The lowest BCUT2D eigenvalue weighted by Gasteiger charge is -2.32. The summed E-state index contributed by atoms with van der Waals surface area (Å²) in [4.78, 5) is 16.5. The standard InChI is InChI=1S/C72H60N2.C68H38F2N6/c1-45-15-23-53(24-16-45)59-39-60(54-25-17-46(2)18-26-54)42-63(41-59)73(71-49(5)11-9-12-50(71)6)67-37-33-57-32-36-66-68(38-34-58-31-35-65(67)69(57)70(58)66)74(72-51(7)13-10-14-52(72)8)64-43-61(55-27-19-47(3)20-28-55)40-62(44-64)56-29-21-48(4)22-30-56;1-73-57-25-17-47(18-26-57)53-33-51(45-13-9-43(41-71)10-14-45)35-61(37-53)75(59-7-3-5-55(69)39-59)65-31-23-49-22-30-64-66(32-24-50-21-29-63(65)67(49)68(50)64)76(60-8-4-6-56(70)40-60)62-36-52(46-15-11-44(42-72)12-16-46)34-54(38-62)48-19-27-58(74-2)28-20-48/h9-44H,1-8H3;3-40H. The van der Waals surface area contributed by atoms with Gasteiger partial charge in [-0.1, -0.05) is 313 Å². The van der Waals surface area contributed by atoms with Gasteiger partial charge in [-0.25, -0.2) is 18.5 Å². The van der Waals surface area contributed by atoms with E-state index in [0.29, 0.717) is 33.9 Å². The summed E-state index contributed by atoms with van der Waals surface area (Å²) in [6.45, 7) is 32.8. The van der Waals surface area contributed by atoms with Crippen LogP contribution in [0.1, 0.15) is 55.6 Å². The van der Waals surface area contributed by atoms with Crippen LogP contribution in [0.3, 0.4) is 0 Å². The summed E-state index contributed by atoms with van der Waals surface area (Å²) >= 11 is 0. The summed E-state index contributed by atoms with van der Waals surface area (Å²) in [6, 6.07) is 159. The first-order valence-corrected chi connectivity index (χ1v) is 50.3. The molecule has 0 unspecified atom stereocenters. The van der Waals surface area contributed by atoms with Gasteiger partial charge in [-0.15, -0.1) is 0 Å². The molecule has 0 saturated carbocycles. The van der Waals surface area contributed by atoms with Crippen molar-refractivity contribution in [1.29, 1.82) is 10.5 Å².